The SMILES string of the molecule is CN(C)Cc1csc(CN(C)Cc2noc(C3CCC3)n2)c1. The predicted molar refractivity (Wildman–Crippen MR) is 87.8 cm³/mol. The number of nitrogens with zero attached hydrogens (tertiary/aromatic N) is 4. The molecule has 120 valence electrons. The highest BCUT2D eigenvalue weighted by Crippen LogP contribution is 2.35. The Morgan fingerprint density at radius 2 is 2.05 bits per heavy atom. The van der Waals surface area contributed by atoms with Crippen molar-refractivity contribution < 1.29 is 4.52 Å². The zero-order valence-electron chi connectivity index (χ0n) is 13.6. The molecule has 0 unspecified atom stereocenters. The number of hydrogen-bond donors (Lipinski definition) is 0. The number of hydrogen-bond acceptors (Lipinski definition) is 6. The first-order chi connectivity index (χ1) is 10.6. The Morgan fingerprint density at radius 1 is 1.23 bits per heavy atom. The van der Waals surface area contributed by atoms with Gasteiger partial charge in [-0.15, -0.1) is 11.3 Å². The zero-order chi connectivity index (χ0) is 15.5. The van der Waals surface area contributed by atoms with E-state index in [4.69, 9.17) is 4.52 Å². The van der Waals surface area contributed by atoms with E-state index in [-0.39, 0.29) is 0 Å². The topological polar surface area (TPSA) is 45.4 Å². The summed E-state index contributed by atoms with van der Waals surface area (Å²) in [5.41, 5.74) is 1.38. The fourth-order valence-electron chi connectivity index (χ4n) is 2.67. The Labute approximate surface area is 135 Å². The summed E-state index contributed by atoms with van der Waals surface area (Å²) in [6.07, 6.45) is 3.68. The third-order valence-electron chi connectivity index (χ3n) is 3.98. The van der Waals surface area contributed by atoms with Crippen LogP contribution in [-0.2, 0) is 19.6 Å². The highest BCUT2D eigenvalue weighted by Gasteiger charge is 2.25. The Balaban J connectivity index is 1.52. The number of aromatic nitrogens is 2. The molecular weight excluding hydrogens is 296 g/mol. The first-order valence-corrected chi connectivity index (χ1v) is 8.70. The monoisotopic (exact) mass is 320 g/mol. The number of rotatable bonds is 7. The molecule has 0 amide bonds. The molecule has 0 aliphatic heterocycles. The van der Waals surface area contributed by atoms with Crippen molar-refractivity contribution in [2.75, 3.05) is 21.1 Å². The van der Waals surface area contributed by atoms with Crippen molar-refractivity contribution in [1.29, 1.82) is 0 Å². The second-order valence-electron chi connectivity index (χ2n) is 6.51. The molecule has 2 aromatic heterocycles. The van der Waals surface area contributed by atoms with E-state index in [0.29, 0.717) is 5.92 Å². The largest absolute Gasteiger partial charge is 0.339 e. The van der Waals surface area contributed by atoms with Crippen LogP contribution in [0.5, 0.6) is 0 Å². The average molecular weight is 320 g/mol. The van der Waals surface area contributed by atoms with Gasteiger partial charge in [0.1, 0.15) is 0 Å². The molecule has 0 atom stereocenters. The minimum atomic E-state index is 0.512. The van der Waals surface area contributed by atoms with E-state index in [2.05, 4.69) is 52.5 Å². The molecule has 2 heterocycles. The van der Waals surface area contributed by atoms with Gasteiger partial charge in [-0.1, -0.05) is 11.6 Å². The van der Waals surface area contributed by atoms with Gasteiger partial charge in [0, 0.05) is 23.9 Å². The maximum absolute atomic E-state index is 5.38. The van der Waals surface area contributed by atoms with Crippen molar-refractivity contribution in [3.63, 3.8) is 0 Å². The molecule has 6 heteroatoms. The average Bonchev–Trinajstić information content (AvgIpc) is 2.97. The zero-order valence-corrected chi connectivity index (χ0v) is 14.4. The summed E-state index contributed by atoms with van der Waals surface area (Å²) < 4.78 is 5.38. The highest BCUT2D eigenvalue weighted by molar-refractivity contribution is 7.10. The molecular formula is C16H24N4OS. The van der Waals surface area contributed by atoms with Crippen LogP contribution in [-0.4, -0.2) is 41.1 Å². The van der Waals surface area contributed by atoms with Gasteiger partial charge in [0.15, 0.2) is 5.82 Å². The van der Waals surface area contributed by atoms with Gasteiger partial charge in [-0.3, -0.25) is 4.90 Å². The lowest BCUT2D eigenvalue weighted by Crippen LogP contribution is -2.17. The summed E-state index contributed by atoms with van der Waals surface area (Å²) in [6, 6.07) is 2.29. The van der Waals surface area contributed by atoms with Crippen molar-refractivity contribution in [3.8, 4) is 0 Å². The van der Waals surface area contributed by atoms with E-state index in [1.54, 1.807) is 0 Å². The van der Waals surface area contributed by atoms with E-state index in [1.807, 2.05) is 11.3 Å². The number of thiophene rings is 1. The molecule has 1 saturated carbocycles. The fourth-order valence-corrected chi connectivity index (χ4v) is 3.63. The van der Waals surface area contributed by atoms with Crippen molar-refractivity contribution in [2.24, 2.45) is 0 Å². The van der Waals surface area contributed by atoms with Gasteiger partial charge in [0.2, 0.25) is 5.89 Å². The summed E-state index contributed by atoms with van der Waals surface area (Å²) in [5, 5.41) is 6.36. The van der Waals surface area contributed by atoms with E-state index in [1.165, 1.54) is 29.7 Å². The van der Waals surface area contributed by atoms with Gasteiger partial charge in [-0.05, 0) is 51.0 Å². The molecule has 3 rings (SSSR count). The minimum absolute atomic E-state index is 0.512. The van der Waals surface area contributed by atoms with Crippen LogP contribution in [0, 0.1) is 0 Å². The molecule has 0 saturated heterocycles. The Kier molecular flexibility index (Phi) is 4.90. The molecule has 0 N–H and O–H groups in total. The van der Waals surface area contributed by atoms with Gasteiger partial charge < -0.3 is 9.42 Å². The Bertz CT molecular complexity index is 603. The minimum Gasteiger partial charge on any atom is -0.339 e. The Morgan fingerprint density at radius 3 is 2.73 bits per heavy atom. The molecule has 0 radical (unpaired) electrons. The van der Waals surface area contributed by atoms with E-state index >= 15 is 0 Å². The molecule has 2 aromatic rings. The molecule has 0 bridgehead atoms. The van der Waals surface area contributed by atoms with Crippen LogP contribution >= 0.6 is 11.3 Å². The van der Waals surface area contributed by atoms with Crippen molar-refractivity contribution in [2.45, 2.75) is 44.8 Å². The van der Waals surface area contributed by atoms with Crippen LogP contribution in [0.3, 0.4) is 0 Å². The molecule has 5 nitrogen and oxygen atoms in total. The van der Waals surface area contributed by atoms with Crippen LogP contribution < -0.4 is 0 Å². The van der Waals surface area contributed by atoms with Crippen LogP contribution in [0.15, 0.2) is 16.0 Å². The third-order valence-corrected chi connectivity index (χ3v) is 4.95. The van der Waals surface area contributed by atoms with Crippen LogP contribution in [0.25, 0.3) is 0 Å². The third kappa shape index (κ3) is 3.94. The maximum atomic E-state index is 5.38. The molecule has 22 heavy (non-hydrogen) atoms. The highest BCUT2D eigenvalue weighted by atomic mass is 32.1. The standard InChI is InChI=1S/C16H24N4OS/c1-19(2)8-12-7-14(22-11-12)9-20(3)10-15-17-16(21-18-15)13-5-4-6-13/h7,11,13H,4-6,8-10H2,1-3H3. The van der Waals surface area contributed by atoms with Crippen LogP contribution in [0.4, 0.5) is 0 Å². The van der Waals surface area contributed by atoms with E-state index in [9.17, 15) is 0 Å². The molecule has 1 aliphatic rings. The summed E-state index contributed by atoms with van der Waals surface area (Å²) in [6.45, 7) is 2.65. The van der Waals surface area contributed by atoms with Gasteiger partial charge in [0.05, 0.1) is 6.54 Å². The van der Waals surface area contributed by atoms with Gasteiger partial charge >= 0.3 is 0 Å². The van der Waals surface area contributed by atoms with Crippen LogP contribution in [0.1, 0.15) is 47.3 Å². The first-order valence-electron chi connectivity index (χ1n) is 7.82. The quantitative estimate of drug-likeness (QED) is 0.784. The lowest BCUT2D eigenvalue weighted by atomic mass is 9.85. The normalized spacial score (nSPS) is 15.7. The van der Waals surface area contributed by atoms with Gasteiger partial charge in [0.25, 0.3) is 0 Å². The fraction of sp³-hybridized carbons (Fsp3) is 0.625. The van der Waals surface area contributed by atoms with Crippen LogP contribution in [0.2, 0.25) is 0 Å². The van der Waals surface area contributed by atoms with Gasteiger partial charge in [-0.25, -0.2) is 0 Å². The second-order valence-corrected chi connectivity index (χ2v) is 7.50. The van der Waals surface area contributed by atoms with E-state index < -0.39 is 0 Å². The van der Waals surface area contributed by atoms with Crippen molar-refractivity contribution >= 4 is 11.3 Å². The summed E-state index contributed by atoms with van der Waals surface area (Å²) in [5.74, 6) is 2.14. The predicted octanol–water partition coefficient (Wildman–Crippen LogP) is 3.09. The second kappa shape index (κ2) is 6.89. The molecule has 1 aliphatic carbocycles. The Hall–Kier alpha value is -1.24. The molecule has 0 aromatic carbocycles. The van der Waals surface area contributed by atoms with Crippen molar-refractivity contribution in [1.82, 2.24) is 19.9 Å². The molecule has 1 fully saturated rings. The van der Waals surface area contributed by atoms with Crippen molar-refractivity contribution in [3.05, 3.63) is 33.6 Å². The lowest BCUT2D eigenvalue weighted by molar-refractivity contribution is 0.282. The van der Waals surface area contributed by atoms with Gasteiger partial charge in [-0.2, -0.15) is 4.98 Å². The summed E-state index contributed by atoms with van der Waals surface area (Å²) in [7, 11) is 6.30. The lowest BCUT2D eigenvalue weighted by Gasteiger charge is -2.20. The maximum Gasteiger partial charge on any atom is 0.229 e. The molecule has 0 spiro atoms. The summed E-state index contributed by atoms with van der Waals surface area (Å²) >= 11 is 1.82. The first kappa shape index (κ1) is 15.6. The van der Waals surface area contributed by atoms with E-state index in [0.717, 1.165) is 31.3 Å². The smallest absolute Gasteiger partial charge is 0.229 e. The summed E-state index contributed by atoms with van der Waals surface area (Å²) in [4.78, 5) is 10.3.